The largest absolute Gasteiger partial charge is 0.507 e. The molecule has 0 aliphatic carbocycles. The number of para-hydroxylation sites is 1. The van der Waals surface area contributed by atoms with Gasteiger partial charge in [0.2, 0.25) is 0 Å². The molecule has 0 fully saturated rings. The molecule has 1 aliphatic rings. The Morgan fingerprint density at radius 3 is 2.61 bits per heavy atom. The summed E-state index contributed by atoms with van der Waals surface area (Å²) in [6, 6.07) is 18.4. The van der Waals surface area contributed by atoms with Crippen LogP contribution in [0.5, 0.6) is 5.75 Å². The molecule has 2 heterocycles. The molecule has 0 radical (unpaired) electrons. The molecule has 28 heavy (non-hydrogen) atoms. The zero-order valence-corrected chi connectivity index (χ0v) is 15.8. The third-order valence-electron chi connectivity index (χ3n) is 4.60. The van der Waals surface area contributed by atoms with Crippen molar-refractivity contribution in [2.24, 2.45) is 5.73 Å². The number of halogens is 1. The van der Waals surface area contributed by atoms with E-state index >= 15 is 0 Å². The summed E-state index contributed by atoms with van der Waals surface area (Å²) < 4.78 is 5.12. The number of amides is 1. The van der Waals surface area contributed by atoms with Crippen LogP contribution in [0.1, 0.15) is 22.7 Å². The van der Waals surface area contributed by atoms with Crippen molar-refractivity contribution in [2.45, 2.75) is 19.1 Å². The Balaban J connectivity index is 0.00000225. The zero-order chi connectivity index (χ0) is 18.8. The maximum absolute atomic E-state index is 11.7. The number of carbonyl (C=O) groups is 1. The molecule has 0 bridgehead atoms. The molecule has 3 aromatic rings. The number of pyridine rings is 1. The number of benzene rings is 2. The van der Waals surface area contributed by atoms with Crippen molar-refractivity contribution in [3.05, 3.63) is 77.4 Å². The van der Waals surface area contributed by atoms with E-state index in [4.69, 9.17) is 10.5 Å². The summed E-state index contributed by atoms with van der Waals surface area (Å²) in [5.74, 6) is 0.538. The number of aromatic nitrogens is 1. The molecule has 0 saturated carbocycles. The number of ether oxygens (including phenoxy) is 1. The van der Waals surface area contributed by atoms with E-state index < -0.39 is 6.09 Å². The number of fused-ring (bicyclic) bond motifs is 1. The molecule has 0 saturated heterocycles. The molecule has 1 aliphatic heterocycles. The summed E-state index contributed by atoms with van der Waals surface area (Å²) in [6.07, 6.45) is 0.0813. The van der Waals surface area contributed by atoms with Gasteiger partial charge in [0.1, 0.15) is 18.2 Å². The molecular weight excluding hydrogens is 378 g/mol. The Hall–Kier alpha value is -3.09. The van der Waals surface area contributed by atoms with Gasteiger partial charge in [0.15, 0.2) is 0 Å². The number of nitrogens with zero attached hydrogens (tertiary/aromatic N) is 1. The van der Waals surface area contributed by atoms with Crippen molar-refractivity contribution in [3.8, 4) is 17.0 Å². The van der Waals surface area contributed by atoms with E-state index in [2.05, 4.69) is 10.3 Å². The predicted octanol–water partition coefficient (Wildman–Crippen LogP) is 4.18. The Labute approximate surface area is 168 Å². The van der Waals surface area contributed by atoms with Crippen LogP contribution in [0.4, 0.5) is 10.6 Å². The van der Waals surface area contributed by atoms with E-state index in [1.54, 1.807) is 18.2 Å². The molecule has 0 spiro atoms. The number of nitrogens with one attached hydrogen (secondary N) is 1. The molecular formula is C21H20ClN3O3. The highest BCUT2D eigenvalue weighted by atomic mass is 35.5. The number of carbonyl (C=O) groups excluding carboxylic acids is 1. The van der Waals surface area contributed by atoms with Crippen LogP contribution in [0, 0.1) is 0 Å². The van der Waals surface area contributed by atoms with E-state index in [1.807, 2.05) is 42.5 Å². The summed E-state index contributed by atoms with van der Waals surface area (Å²) in [5.41, 5.74) is 10.3. The number of phenolic OH excluding ortho intramolecular Hbond substituents is 1. The van der Waals surface area contributed by atoms with Gasteiger partial charge in [0.25, 0.3) is 0 Å². The van der Waals surface area contributed by atoms with Crippen LogP contribution < -0.4 is 11.1 Å². The van der Waals surface area contributed by atoms with Gasteiger partial charge >= 0.3 is 6.09 Å². The van der Waals surface area contributed by atoms with Gasteiger partial charge in [0.05, 0.1) is 5.69 Å². The molecule has 7 heteroatoms. The molecule has 6 nitrogen and oxygen atoms in total. The summed E-state index contributed by atoms with van der Waals surface area (Å²) >= 11 is 0. The molecule has 1 aromatic heterocycles. The number of nitrogens with two attached hydrogens (primary N) is 1. The van der Waals surface area contributed by atoms with E-state index in [1.165, 1.54) is 0 Å². The molecule has 4 rings (SSSR count). The number of aromatic hydroxyl groups is 1. The van der Waals surface area contributed by atoms with E-state index in [9.17, 15) is 9.90 Å². The summed E-state index contributed by atoms with van der Waals surface area (Å²) in [4.78, 5) is 16.2. The SMILES string of the molecule is Cl.N[C@H](Cc1ccccc1)c1cc(-c2ccccc2O)nc2c1COC(=O)N2. The lowest BCUT2D eigenvalue weighted by atomic mass is 9.94. The number of hydrogen-bond donors (Lipinski definition) is 3. The minimum absolute atomic E-state index is 0. The first-order chi connectivity index (χ1) is 13.1. The molecule has 4 N–H and O–H groups in total. The highest BCUT2D eigenvalue weighted by Gasteiger charge is 2.25. The quantitative estimate of drug-likeness (QED) is 0.613. The van der Waals surface area contributed by atoms with Gasteiger partial charge in [-0.2, -0.15) is 0 Å². The van der Waals surface area contributed by atoms with Crippen molar-refractivity contribution in [3.63, 3.8) is 0 Å². The standard InChI is InChI=1S/C21H19N3O3.ClH/c22-17(10-13-6-2-1-3-7-13)15-11-18(14-8-4-5-9-19(14)25)23-20-16(15)12-27-21(26)24-20;/h1-9,11,17,25H,10,12,22H2,(H,23,24,26);1H/t17-;/m1./s1. The third kappa shape index (κ3) is 3.93. The number of hydrogen-bond acceptors (Lipinski definition) is 5. The fraction of sp³-hybridized carbons (Fsp3) is 0.143. The first-order valence-electron chi connectivity index (χ1n) is 8.67. The van der Waals surface area contributed by atoms with Crippen LogP contribution in [0.15, 0.2) is 60.7 Å². The maximum atomic E-state index is 11.7. The van der Waals surface area contributed by atoms with Crippen LogP contribution >= 0.6 is 12.4 Å². The topological polar surface area (TPSA) is 97.5 Å². The van der Waals surface area contributed by atoms with Gasteiger partial charge in [-0.05, 0) is 35.7 Å². The first-order valence-corrected chi connectivity index (χ1v) is 8.67. The summed E-state index contributed by atoms with van der Waals surface area (Å²) in [6.45, 7) is 0.118. The van der Waals surface area contributed by atoms with Crippen LogP contribution in [0.2, 0.25) is 0 Å². The fourth-order valence-electron chi connectivity index (χ4n) is 3.25. The van der Waals surface area contributed by atoms with Crippen molar-refractivity contribution in [2.75, 3.05) is 5.32 Å². The van der Waals surface area contributed by atoms with Crippen molar-refractivity contribution in [1.29, 1.82) is 0 Å². The summed E-state index contributed by atoms with van der Waals surface area (Å²) in [7, 11) is 0. The Bertz CT molecular complexity index is 995. The van der Waals surface area contributed by atoms with Crippen LogP contribution in [0.25, 0.3) is 11.3 Å². The Kier molecular flexibility index (Phi) is 5.82. The minimum atomic E-state index is -0.549. The first kappa shape index (κ1) is 19.7. The molecule has 1 amide bonds. The number of rotatable bonds is 4. The average Bonchev–Trinajstić information content (AvgIpc) is 2.68. The third-order valence-corrected chi connectivity index (χ3v) is 4.60. The highest BCUT2D eigenvalue weighted by Crippen LogP contribution is 2.35. The minimum Gasteiger partial charge on any atom is -0.507 e. The Morgan fingerprint density at radius 2 is 1.86 bits per heavy atom. The highest BCUT2D eigenvalue weighted by molar-refractivity contribution is 5.87. The molecule has 144 valence electrons. The number of anilines is 1. The molecule has 1 atom stereocenters. The monoisotopic (exact) mass is 397 g/mol. The number of phenols is 1. The fourth-order valence-corrected chi connectivity index (χ4v) is 3.25. The van der Waals surface area contributed by atoms with Gasteiger partial charge in [-0.1, -0.05) is 42.5 Å². The van der Waals surface area contributed by atoms with Crippen LogP contribution in [-0.2, 0) is 17.8 Å². The normalized spacial score (nSPS) is 13.5. The molecule has 2 aromatic carbocycles. The lowest BCUT2D eigenvalue weighted by molar-refractivity contribution is 0.150. The lowest BCUT2D eigenvalue weighted by Crippen LogP contribution is -2.25. The van der Waals surface area contributed by atoms with Crippen molar-refractivity contribution < 1.29 is 14.6 Å². The number of cyclic esters (lactones) is 1. The van der Waals surface area contributed by atoms with Crippen molar-refractivity contribution in [1.82, 2.24) is 4.98 Å². The van der Waals surface area contributed by atoms with Gasteiger partial charge in [-0.15, -0.1) is 12.4 Å². The second-order valence-corrected chi connectivity index (χ2v) is 6.44. The van der Waals surface area contributed by atoms with Gasteiger partial charge in [0, 0.05) is 17.2 Å². The average molecular weight is 398 g/mol. The van der Waals surface area contributed by atoms with Gasteiger partial charge in [-0.25, -0.2) is 9.78 Å². The predicted molar refractivity (Wildman–Crippen MR) is 109 cm³/mol. The van der Waals surface area contributed by atoms with Gasteiger partial charge < -0.3 is 15.6 Å². The second kappa shape index (κ2) is 8.29. The van der Waals surface area contributed by atoms with E-state index in [0.29, 0.717) is 23.5 Å². The van der Waals surface area contributed by atoms with Crippen LogP contribution in [-0.4, -0.2) is 16.2 Å². The van der Waals surface area contributed by atoms with Crippen molar-refractivity contribution >= 4 is 24.3 Å². The summed E-state index contributed by atoms with van der Waals surface area (Å²) in [5, 5.41) is 12.8. The van der Waals surface area contributed by atoms with E-state index in [-0.39, 0.29) is 30.8 Å². The van der Waals surface area contributed by atoms with Gasteiger partial charge in [-0.3, -0.25) is 5.32 Å². The zero-order valence-electron chi connectivity index (χ0n) is 15.0. The lowest BCUT2D eigenvalue weighted by Gasteiger charge is -2.24. The molecule has 0 unspecified atom stereocenters. The maximum Gasteiger partial charge on any atom is 0.413 e. The van der Waals surface area contributed by atoms with Crippen LogP contribution in [0.3, 0.4) is 0 Å². The van der Waals surface area contributed by atoms with E-state index in [0.717, 1.165) is 16.7 Å². The smallest absolute Gasteiger partial charge is 0.413 e. The Morgan fingerprint density at radius 1 is 1.14 bits per heavy atom. The second-order valence-electron chi connectivity index (χ2n) is 6.44.